The van der Waals surface area contributed by atoms with Gasteiger partial charge in [-0.05, 0) is 60.7 Å². The summed E-state index contributed by atoms with van der Waals surface area (Å²) >= 11 is 1.15. The van der Waals surface area contributed by atoms with E-state index in [1.807, 2.05) is 12.1 Å². The van der Waals surface area contributed by atoms with Gasteiger partial charge >= 0.3 is 6.18 Å². The van der Waals surface area contributed by atoms with Crippen molar-refractivity contribution < 1.29 is 23.1 Å². The van der Waals surface area contributed by atoms with Gasteiger partial charge < -0.3 is 9.90 Å². The molecule has 1 heterocycles. The zero-order valence-corrected chi connectivity index (χ0v) is 14.3. The highest BCUT2D eigenvalue weighted by molar-refractivity contribution is 7.99. The van der Waals surface area contributed by atoms with Crippen molar-refractivity contribution in [1.82, 2.24) is 0 Å². The molecule has 0 aromatic heterocycles. The zero-order chi connectivity index (χ0) is 18.5. The number of benzene rings is 2. The molecular weight excluding hydrogens is 363 g/mol. The fourth-order valence-electron chi connectivity index (χ4n) is 3.32. The lowest BCUT2D eigenvalue weighted by molar-refractivity contribution is -0.245. The van der Waals surface area contributed by atoms with E-state index in [-0.39, 0.29) is 10.6 Å². The SMILES string of the molecule is O=C([O-])N1c2ccc(C3=CCCC3)cc2Sc2cc(C(F)(F)F)ccc21. The predicted molar refractivity (Wildman–Crippen MR) is 91.4 cm³/mol. The molecule has 2 aromatic carbocycles. The van der Waals surface area contributed by atoms with Crippen LogP contribution in [0, 0.1) is 0 Å². The molecule has 0 bridgehead atoms. The number of rotatable bonds is 1. The first kappa shape index (κ1) is 17.0. The zero-order valence-electron chi connectivity index (χ0n) is 13.5. The minimum Gasteiger partial charge on any atom is -0.529 e. The van der Waals surface area contributed by atoms with Gasteiger partial charge in [-0.15, -0.1) is 0 Å². The van der Waals surface area contributed by atoms with Crippen LogP contribution >= 0.6 is 11.8 Å². The molecule has 1 aliphatic heterocycles. The fraction of sp³-hybridized carbons (Fsp3) is 0.211. The number of nitrogens with zero attached hydrogens (tertiary/aromatic N) is 1. The number of carbonyl (C=O) groups excluding carboxylic acids is 1. The summed E-state index contributed by atoms with van der Waals surface area (Å²) in [5, 5.41) is 11.7. The van der Waals surface area contributed by atoms with Gasteiger partial charge in [-0.2, -0.15) is 13.2 Å². The number of fused-ring (bicyclic) bond motifs is 2. The van der Waals surface area contributed by atoms with Gasteiger partial charge in [0.2, 0.25) is 0 Å². The lowest BCUT2D eigenvalue weighted by atomic mass is 10.0. The smallest absolute Gasteiger partial charge is 0.416 e. The van der Waals surface area contributed by atoms with Crippen LogP contribution in [-0.4, -0.2) is 6.09 Å². The number of amides is 1. The Labute approximate surface area is 152 Å². The van der Waals surface area contributed by atoms with Gasteiger partial charge in [0.25, 0.3) is 0 Å². The highest BCUT2D eigenvalue weighted by Gasteiger charge is 2.33. The predicted octanol–water partition coefficient (Wildman–Crippen LogP) is 5.22. The van der Waals surface area contributed by atoms with E-state index in [2.05, 4.69) is 6.08 Å². The third-order valence-electron chi connectivity index (χ3n) is 4.54. The van der Waals surface area contributed by atoms with E-state index in [1.165, 1.54) is 11.6 Å². The molecule has 1 amide bonds. The van der Waals surface area contributed by atoms with Crippen LogP contribution in [-0.2, 0) is 6.18 Å². The quantitative estimate of drug-likeness (QED) is 0.685. The molecule has 26 heavy (non-hydrogen) atoms. The van der Waals surface area contributed by atoms with Crippen LogP contribution in [0.25, 0.3) is 5.57 Å². The van der Waals surface area contributed by atoms with Gasteiger partial charge in [0, 0.05) is 9.79 Å². The molecule has 0 fully saturated rings. The first-order valence-corrected chi connectivity index (χ1v) is 8.90. The number of carboxylic acid groups (broad SMARTS) is 1. The third kappa shape index (κ3) is 2.86. The summed E-state index contributed by atoms with van der Waals surface area (Å²) in [6.07, 6.45) is -0.798. The summed E-state index contributed by atoms with van der Waals surface area (Å²) in [6, 6.07) is 8.43. The topological polar surface area (TPSA) is 43.4 Å². The summed E-state index contributed by atoms with van der Waals surface area (Å²) < 4.78 is 39.1. The second-order valence-electron chi connectivity index (χ2n) is 6.19. The average Bonchev–Trinajstić information content (AvgIpc) is 3.12. The van der Waals surface area contributed by atoms with Gasteiger partial charge in [0.05, 0.1) is 16.9 Å². The Bertz CT molecular complexity index is 937. The van der Waals surface area contributed by atoms with Crippen molar-refractivity contribution in [1.29, 1.82) is 0 Å². The van der Waals surface area contributed by atoms with Crippen LogP contribution in [0.15, 0.2) is 52.3 Å². The van der Waals surface area contributed by atoms with E-state index >= 15 is 0 Å². The number of anilines is 2. The Hall–Kier alpha value is -2.41. The molecule has 4 rings (SSSR count). The van der Waals surface area contributed by atoms with E-state index in [0.717, 1.165) is 53.6 Å². The highest BCUT2D eigenvalue weighted by Crippen LogP contribution is 2.50. The average molecular weight is 376 g/mol. The number of alkyl halides is 3. The molecule has 2 aliphatic rings. The van der Waals surface area contributed by atoms with Crippen molar-refractivity contribution in [2.45, 2.75) is 35.2 Å². The third-order valence-corrected chi connectivity index (χ3v) is 5.64. The molecule has 134 valence electrons. The summed E-state index contributed by atoms with van der Waals surface area (Å²) in [6.45, 7) is 0. The van der Waals surface area contributed by atoms with Crippen LogP contribution in [0.4, 0.5) is 29.3 Å². The molecule has 0 radical (unpaired) electrons. The molecule has 0 saturated heterocycles. The summed E-state index contributed by atoms with van der Waals surface area (Å²) in [5.74, 6) is 0. The van der Waals surface area contributed by atoms with Gasteiger partial charge in [0.15, 0.2) is 0 Å². The molecule has 3 nitrogen and oxygen atoms in total. The Morgan fingerprint density at radius 1 is 1.08 bits per heavy atom. The Balaban J connectivity index is 1.82. The summed E-state index contributed by atoms with van der Waals surface area (Å²) in [5.41, 5.74) is 1.94. The Morgan fingerprint density at radius 2 is 1.77 bits per heavy atom. The molecule has 0 unspecified atom stereocenters. The van der Waals surface area contributed by atoms with Crippen LogP contribution < -0.4 is 10.0 Å². The van der Waals surface area contributed by atoms with Crippen LogP contribution in [0.1, 0.15) is 30.4 Å². The molecule has 2 aromatic rings. The summed E-state index contributed by atoms with van der Waals surface area (Å²) in [7, 11) is 0. The maximum Gasteiger partial charge on any atom is 0.416 e. The monoisotopic (exact) mass is 376 g/mol. The van der Waals surface area contributed by atoms with E-state index in [1.54, 1.807) is 6.07 Å². The molecule has 0 atom stereocenters. The molecular formula is C19H13F3NO2S-. The highest BCUT2D eigenvalue weighted by atomic mass is 32.2. The van der Waals surface area contributed by atoms with Gasteiger partial charge in [0.1, 0.15) is 6.09 Å². The first-order chi connectivity index (χ1) is 12.3. The number of halogens is 3. The molecule has 0 saturated carbocycles. The molecule has 7 heteroatoms. The number of carbonyl (C=O) groups is 1. The van der Waals surface area contributed by atoms with Crippen molar-refractivity contribution in [2.75, 3.05) is 4.90 Å². The van der Waals surface area contributed by atoms with E-state index in [4.69, 9.17) is 0 Å². The first-order valence-electron chi connectivity index (χ1n) is 8.08. The summed E-state index contributed by atoms with van der Waals surface area (Å²) in [4.78, 5) is 13.5. The van der Waals surface area contributed by atoms with Gasteiger partial charge in [-0.1, -0.05) is 23.9 Å². The number of hydrogen-bond donors (Lipinski definition) is 0. The number of allylic oxidation sites excluding steroid dienone is 2. The number of hydrogen-bond acceptors (Lipinski definition) is 3. The maximum absolute atomic E-state index is 13.0. The Kier molecular flexibility index (Phi) is 3.99. The lowest BCUT2D eigenvalue weighted by Crippen LogP contribution is -2.39. The van der Waals surface area contributed by atoms with Crippen molar-refractivity contribution in [3.8, 4) is 0 Å². The van der Waals surface area contributed by atoms with Crippen LogP contribution in [0.2, 0.25) is 0 Å². The normalized spacial score (nSPS) is 16.1. The molecule has 0 N–H and O–H groups in total. The van der Waals surface area contributed by atoms with Crippen molar-refractivity contribution >= 4 is 34.8 Å². The van der Waals surface area contributed by atoms with E-state index in [9.17, 15) is 23.1 Å². The van der Waals surface area contributed by atoms with Crippen molar-refractivity contribution in [3.63, 3.8) is 0 Å². The van der Waals surface area contributed by atoms with Crippen molar-refractivity contribution in [3.05, 3.63) is 53.6 Å². The lowest BCUT2D eigenvalue weighted by Gasteiger charge is -2.33. The largest absolute Gasteiger partial charge is 0.529 e. The molecule has 0 spiro atoms. The second-order valence-corrected chi connectivity index (χ2v) is 7.27. The van der Waals surface area contributed by atoms with E-state index in [0.29, 0.717) is 10.6 Å². The van der Waals surface area contributed by atoms with Crippen LogP contribution in [0.5, 0.6) is 0 Å². The minimum atomic E-state index is -4.49. The molecule has 1 aliphatic carbocycles. The second kappa shape index (κ2) is 6.09. The standard InChI is InChI=1S/C19H14F3NO2S/c20-19(21,22)13-6-8-15-17(10-13)26-16-9-12(11-3-1-2-4-11)5-7-14(16)23(15)18(24)25/h3,5-10H,1-2,4H2,(H,24,25)/p-1. The fourth-order valence-corrected chi connectivity index (χ4v) is 4.45. The maximum atomic E-state index is 13.0. The van der Waals surface area contributed by atoms with Gasteiger partial charge in [-0.3, -0.25) is 4.90 Å². The van der Waals surface area contributed by atoms with E-state index < -0.39 is 17.8 Å². The minimum absolute atomic E-state index is 0.184. The van der Waals surface area contributed by atoms with Crippen molar-refractivity contribution in [2.24, 2.45) is 0 Å². The Morgan fingerprint density at radius 3 is 2.38 bits per heavy atom. The van der Waals surface area contributed by atoms with Gasteiger partial charge in [-0.25, -0.2) is 0 Å². The van der Waals surface area contributed by atoms with Crippen LogP contribution in [0.3, 0.4) is 0 Å².